The second-order valence-corrected chi connectivity index (χ2v) is 4.81. The maximum Gasteiger partial charge on any atom is 0.433 e. The summed E-state index contributed by atoms with van der Waals surface area (Å²) < 4.78 is 38.3. The van der Waals surface area contributed by atoms with E-state index in [1.165, 1.54) is 0 Å². The SMILES string of the molecule is CC(Nc1nc(C(F)(F)F)ccc1C#N)c1cccc(C#N)c1. The number of anilines is 1. The van der Waals surface area contributed by atoms with Crippen LogP contribution in [0.4, 0.5) is 19.0 Å². The van der Waals surface area contributed by atoms with E-state index in [2.05, 4.69) is 10.3 Å². The van der Waals surface area contributed by atoms with Gasteiger partial charge in [-0.2, -0.15) is 23.7 Å². The molecule has 0 saturated heterocycles. The molecule has 7 heteroatoms. The molecule has 0 aliphatic heterocycles. The van der Waals surface area contributed by atoms with Gasteiger partial charge in [-0.3, -0.25) is 0 Å². The number of hydrogen-bond donors (Lipinski definition) is 1. The van der Waals surface area contributed by atoms with Crippen LogP contribution in [0.15, 0.2) is 36.4 Å². The number of hydrogen-bond acceptors (Lipinski definition) is 4. The Morgan fingerprint density at radius 1 is 1.13 bits per heavy atom. The van der Waals surface area contributed by atoms with E-state index in [1.807, 2.05) is 12.1 Å². The van der Waals surface area contributed by atoms with Gasteiger partial charge >= 0.3 is 6.18 Å². The van der Waals surface area contributed by atoms with E-state index in [1.54, 1.807) is 31.2 Å². The van der Waals surface area contributed by atoms with Crippen molar-refractivity contribution >= 4 is 5.82 Å². The number of nitrogens with zero attached hydrogens (tertiary/aromatic N) is 3. The van der Waals surface area contributed by atoms with Crippen molar-refractivity contribution in [2.75, 3.05) is 5.32 Å². The number of nitriles is 2. The van der Waals surface area contributed by atoms with Crippen LogP contribution in [0.5, 0.6) is 0 Å². The molecule has 0 aliphatic rings. The molecule has 0 aliphatic carbocycles. The highest BCUT2D eigenvalue weighted by Gasteiger charge is 2.33. The zero-order valence-corrected chi connectivity index (χ0v) is 12.0. The first kappa shape index (κ1) is 16.3. The third-order valence-corrected chi connectivity index (χ3v) is 3.18. The zero-order valence-electron chi connectivity index (χ0n) is 12.0. The Morgan fingerprint density at radius 3 is 2.48 bits per heavy atom. The quantitative estimate of drug-likeness (QED) is 0.928. The Kier molecular flexibility index (Phi) is 4.52. The molecule has 0 bridgehead atoms. The minimum absolute atomic E-state index is 0.0151. The van der Waals surface area contributed by atoms with Crippen LogP contribution in [-0.2, 0) is 6.18 Å². The van der Waals surface area contributed by atoms with Gasteiger partial charge in [0, 0.05) is 0 Å². The van der Waals surface area contributed by atoms with Crippen LogP contribution in [0.25, 0.3) is 0 Å². The van der Waals surface area contributed by atoms with E-state index in [4.69, 9.17) is 10.5 Å². The van der Waals surface area contributed by atoms with Gasteiger partial charge in [0.05, 0.1) is 23.2 Å². The van der Waals surface area contributed by atoms with Crippen molar-refractivity contribution in [3.8, 4) is 12.1 Å². The molecule has 4 nitrogen and oxygen atoms in total. The molecular formula is C16H11F3N4. The Bertz CT molecular complexity index is 800. The Labute approximate surface area is 130 Å². The Balaban J connectivity index is 2.35. The van der Waals surface area contributed by atoms with Gasteiger partial charge in [-0.1, -0.05) is 12.1 Å². The van der Waals surface area contributed by atoms with Crippen LogP contribution < -0.4 is 5.32 Å². The lowest BCUT2D eigenvalue weighted by molar-refractivity contribution is -0.141. The maximum absolute atomic E-state index is 12.8. The molecule has 1 unspecified atom stereocenters. The summed E-state index contributed by atoms with van der Waals surface area (Å²) in [6.45, 7) is 1.71. The molecule has 0 spiro atoms. The molecule has 1 heterocycles. The molecule has 0 radical (unpaired) electrons. The zero-order chi connectivity index (χ0) is 17.0. The average Bonchev–Trinajstić information content (AvgIpc) is 2.54. The molecule has 0 saturated carbocycles. The number of rotatable bonds is 3. The van der Waals surface area contributed by atoms with Crippen LogP contribution in [0.1, 0.15) is 35.3 Å². The molecule has 0 fully saturated rings. The predicted octanol–water partition coefficient (Wildman–Crippen LogP) is 4.02. The fourth-order valence-electron chi connectivity index (χ4n) is 1.98. The summed E-state index contributed by atoms with van der Waals surface area (Å²) in [5.41, 5.74) is 0.0825. The van der Waals surface area contributed by atoms with Crippen molar-refractivity contribution in [1.82, 2.24) is 4.98 Å². The molecule has 23 heavy (non-hydrogen) atoms. The second-order valence-electron chi connectivity index (χ2n) is 4.81. The van der Waals surface area contributed by atoms with Gasteiger partial charge in [-0.05, 0) is 36.8 Å². The van der Waals surface area contributed by atoms with Crippen LogP contribution in [0.3, 0.4) is 0 Å². The third kappa shape index (κ3) is 3.78. The summed E-state index contributed by atoms with van der Waals surface area (Å²) in [5.74, 6) is -0.141. The predicted molar refractivity (Wildman–Crippen MR) is 77.1 cm³/mol. The number of halogens is 3. The number of nitrogens with one attached hydrogen (secondary N) is 1. The van der Waals surface area contributed by atoms with Crippen LogP contribution in [0.2, 0.25) is 0 Å². The van der Waals surface area contributed by atoms with E-state index < -0.39 is 17.9 Å². The van der Waals surface area contributed by atoms with Crippen molar-refractivity contribution in [1.29, 1.82) is 10.5 Å². The van der Waals surface area contributed by atoms with Gasteiger partial charge in [-0.15, -0.1) is 0 Å². The summed E-state index contributed by atoms with van der Waals surface area (Å²) in [5, 5.41) is 20.7. The number of alkyl halides is 3. The lowest BCUT2D eigenvalue weighted by Gasteiger charge is -2.17. The molecule has 1 aromatic carbocycles. The topological polar surface area (TPSA) is 72.5 Å². The van der Waals surface area contributed by atoms with Crippen molar-refractivity contribution in [3.05, 3.63) is 58.8 Å². The summed E-state index contributed by atoms with van der Waals surface area (Å²) in [6.07, 6.45) is -4.59. The van der Waals surface area contributed by atoms with E-state index in [9.17, 15) is 13.2 Å². The van der Waals surface area contributed by atoms with Crippen LogP contribution in [-0.4, -0.2) is 4.98 Å². The molecular weight excluding hydrogens is 305 g/mol. The largest absolute Gasteiger partial charge is 0.433 e. The molecule has 1 aromatic heterocycles. The minimum atomic E-state index is -4.59. The summed E-state index contributed by atoms with van der Waals surface area (Å²) in [7, 11) is 0. The molecule has 116 valence electrons. The third-order valence-electron chi connectivity index (χ3n) is 3.18. The van der Waals surface area contributed by atoms with Gasteiger partial charge in [0.2, 0.25) is 0 Å². The number of pyridine rings is 1. The molecule has 0 amide bonds. The highest BCUT2D eigenvalue weighted by atomic mass is 19.4. The monoisotopic (exact) mass is 316 g/mol. The van der Waals surface area contributed by atoms with Gasteiger partial charge in [0.15, 0.2) is 0 Å². The maximum atomic E-state index is 12.8. The van der Waals surface area contributed by atoms with Crippen molar-refractivity contribution < 1.29 is 13.2 Å². The van der Waals surface area contributed by atoms with E-state index >= 15 is 0 Å². The molecule has 1 N–H and O–H groups in total. The summed E-state index contributed by atoms with van der Waals surface area (Å²) in [6, 6.07) is 11.9. The number of benzene rings is 1. The first-order valence-corrected chi connectivity index (χ1v) is 6.60. The van der Waals surface area contributed by atoms with Gasteiger partial charge in [-0.25, -0.2) is 4.98 Å². The summed E-state index contributed by atoms with van der Waals surface area (Å²) in [4.78, 5) is 3.50. The normalized spacial score (nSPS) is 12.1. The average molecular weight is 316 g/mol. The summed E-state index contributed by atoms with van der Waals surface area (Å²) >= 11 is 0. The van der Waals surface area contributed by atoms with Gasteiger partial charge < -0.3 is 5.32 Å². The van der Waals surface area contributed by atoms with Gasteiger partial charge in [0.25, 0.3) is 0 Å². The lowest BCUT2D eigenvalue weighted by atomic mass is 10.1. The first-order valence-electron chi connectivity index (χ1n) is 6.60. The minimum Gasteiger partial charge on any atom is -0.362 e. The highest BCUT2D eigenvalue weighted by Crippen LogP contribution is 2.30. The van der Waals surface area contributed by atoms with Crippen molar-refractivity contribution in [2.45, 2.75) is 19.1 Å². The standard InChI is InChI=1S/C16H11F3N4/c1-10(12-4-2-3-11(7-12)8-20)22-15-13(9-21)5-6-14(23-15)16(17,18)19/h2-7,10H,1H3,(H,22,23). The number of aromatic nitrogens is 1. The van der Waals surface area contributed by atoms with Crippen LogP contribution in [0, 0.1) is 22.7 Å². The smallest absolute Gasteiger partial charge is 0.362 e. The second kappa shape index (κ2) is 6.37. The van der Waals surface area contributed by atoms with Crippen molar-refractivity contribution in [3.63, 3.8) is 0 Å². The van der Waals surface area contributed by atoms with E-state index in [0.717, 1.165) is 12.1 Å². The fraction of sp³-hybridized carbons (Fsp3) is 0.188. The fourth-order valence-corrected chi connectivity index (χ4v) is 1.98. The Morgan fingerprint density at radius 2 is 1.87 bits per heavy atom. The molecule has 2 aromatic rings. The molecule has 2 rings (SSSR count). The van der Waals surface area contributed by atoms with Gasteiger partial charge in [0.1, 0.15) is 17.6 Å². The molecule has 1 atom stereocenters. The highest BCUT2D eigenvalue weighted by molar-refractivity contribution is 5.54. The Hall–Kier alpha value is -3.06. The van der Waals surface area contributed by atoms with Crippen molar-refractivity contribution in [2.24, 2.45) is 0 Å². The first-order chi connectivity index (χ1) is 10.8. The van der Waals surface area contributed by atoms with E-state index in [0.29, 0.717) is 11.1 Å². The van der Waals surface area contributed by atoms with E-state index in [-0.39, 0.29) is 11.4 Å². The van der Waals surface area contributed by atoms with Crippen LogP contribution >= 0.6 is 0 Å². The lowest BCUT2D eigenvalue weighted by Crippen LogP contribution is -2.14.